The fraction of sp³-hybridized carbons (Fsp3) is 0.436. The summed E-state index contributed by atoms with van der Waals surface area (Å²) in [5, 5.41) is 0.600. The zero-order valence-electron chi connectivity index (χ0n) is 29.4. The van der Waals surface area contributed by atoms with Crippen molar-refractivity contribution < 1.29 is 36.8 Å². The van der Waals surface area contributed by atoms with Gasteiger partial charge in [-0.05, 0) is 57.2 Å². The number of unbranched alkanes of at least 4 members (excludes halogenated alkanes) is 3. The third-order valence-electron chi connectivity index (χ3n) is 9.82. The highest BCUT2D eigenvalue weighted by Crippen LogP contribution is 2.47. The molecule has 1 fully saturated rings. The summed E-state index contributed by atoms with van der Waals surface area (Å²) in [6.07, 6.45) is 13.8. The van der Waals surface area contributed by atoms with Gasteiger partial charge in [0.1, 0.15) is 6.54 Å². The van der Waals surface area contributed by atoms with E-state index in [-0.39, 0.29) is 35.8 Å². The molecule has 3 heterocycles. The van der Waals surface area contributed by atoms with Gasteiger partial charge in [-0.1, -0.05) is 68.5 Å². The van der Waals surface area contributed by atoms with Crippen LogP contribution in [0, 0.1) is 0 Å². The molecule has 0 unspecified atom stereocenters. The predicted molar refractivity (Wildman–Crippen MR) is 192 cm³/mol. The van der Waals surface area contributed by atoms with Gasteiger partial charge >= 0.3 is 5.97 Å². The van der Waals surface area contributed by atoms with Crippen molar-refractivity contribution in [1.29, 1.82) is 0 Å². The van der Waals surface area contributed by atoms with E-state index < -0.39 is 27.9 Å². The Morgan fingerprint density at radius 1 is 0.860 bits per heavy atom. The van der Waals surface area contributed by atoms with E-state index in [1.54, 1.807) is 0 Å². The average molecular weight is 702 g/mol. The Hall–Kier alpha value is -4.35. The molecule has 0 aliphatic carbocycles. The van der Waals surface area contributed by atoms with Crippen molar-refractivity contribution in [3.8, 4) is 0 Å². The molecule has 0 atom stereocenters. The maximum Gasteiger partial charge on any atom is 0.333 e. The Labute approximate surface area is 295 Å². The third-order valence-corrected chi connectivity index (χ3v) is 10.6. The molecule has 266 valence electrons. The summed E-state index contributed by atoms with van der Waals surface area (Å²) >= 11 is 0. The van der Waals surface area contributed by atoms with Crippen LogP contribution >= 0.6 is 0 Å². The number of nitrogens with zero attached hydrogens (tertiary/aromatic N) is 3. The minimum Gasteiger partial charge on any atom is -0.748 e. The number of carbonyl (C=O) groups is 3. The molecule has 0 radical (unpaired) electrons. The average Bonchev–Trinajstić information content (AvgIpc) is 3.58. The summed E-state index contributed by atoms with van der Waals surface area (Å²) in [6.45, 7) is 10.2. The van der Waals surface area contributed by atoms with Crippen LogP contribution in [0.1, 0.15) is 90.2 Å². The van der Waals surface area contributed by atoms with E-state index in [1.165, 1.54) is 22.5 Å². The van der Waals surface area contributed by atoms with Gasteiger partial charge in [-0.2, -0.15) is 4.58 Å². The van der Waals surface area contributed by atoms with Crippen LogP contribution in [0.2, 0.25) is 0 Å². The van der Waals surface area contributed by atoms with Crippen LogP contribution in [-0.4, -0.2) is 64.9 Å². The molecule has 11 heteroatoms. The monoisotopic (exact) mass is 701 g/mol. The quantitative estimate of drug-likeness (QED) is 0.0692. The first-order valence-electron chi connectivity index (χ1n) is 17.4. The highest BCUT2D eigenvalue weighted by molar-refractivity contribution is 7.85. The maximum absolute atomic E-state index is 12.2. The number of benzene rings is 2. The van der Waals surface area contributed by atoms with Crippen LogP contribution < -0.4 is 4.90 Å². The first-order valence-corrected chi connectivity index (χ1v) is 19.0. The van der Waals surface area contributed by atoms with Crippen molar-refractivity contribution in [2.24, 2.45) is 0 Å². The number of anilines is 1. The molecular formula is C39H47N3O7S. The smallest absolute Gasteiger partial charge is 0.333 e. The lowest BCUT2D eigenvalue weighted by molar-refractivity contribution is -0.438. The summed E-state index contributed by atoms with van der Waals surface area (Å²) < 4.78 is 35.8. The second-order valence-corrected chi connectivity index (χ2v) is 15.6. The number of amides is 2. The van der Waals surface area contributed by atoms with Gasteiger partial charge in [0.15, 0.2) is 5.71 Å². The number of hydrogen-bond donors (Lipinski definition) is 0. The van der Waals surface area contributed by atoms with Crippen LogP contribution in [0.25, 0.3) is 0 Å². The first-order chi connectivity index (χ1) is 23.7. The van der Waals surface area contributed by atoms with Crippen molar-refractivity contribution in [2.45, 2.75) is 89.9 Å². The van der Waals surface area contributed by atoms with Gasteiger partial charge in [0.05, 0.1) is 15.5 Å². The topological polar surface area (TPSA) is 127 Å². The molecule has 0 N–H and O–H groups in total. The number of hydroxylamine groups is 2. The number of para-hydroxylation sites is 2. The molecule has 0 aromatic heterocycles. The van der Waals surface area contributed by atoms with E-state index in [0.717, 1.165) is 30.8 Å². The van der Waals surface area contributed by atoms with Crippen LogP contribution in [0.5, 0.6) is 0 Å². The normalized spacial score (nSPS) is 19.0. The molecule has 10 nitrogen and oxygen atoms in total. The molecule has 5 rings (SSSR count). The van der Waals surface area contributed by atoms with Crippen molar-refractivity contribution in [1.82, 2.24) is 5.06 Å². The fourth-order valence-electron chi connectivity index (χ4n) is 7.19. The summed E-state index contributed by atoms with van der Waals surface area (Å²) in [4.78, 5) is 42.9. The second-order valence-electron chi connectivity index (χ2n) is 14.1. The standard InChI is InChI=1S/C39H47N3O7S/c1-38(2)29-17-10-12-19-31(29)40(26-14-6-9-23-37(45)49-42-35(43)24-25-36(42)44)33(38)21-7-5-8-22-34-39(3,4)30-18-11-13-20-32(30)41(34)27-15-16-28-50(46,47)48/h5,7-8,10-13,17-22H,6,9,14-16,23-28H2,1-4H3. The summed E-state index contributed by atoms with van der Waals surface area (Å²) in [6, 6.07) is 16.7. The number of imide groups is 1. The van der Waals surface area contributed by atoms with Gasteiger partial charge in [-0.25, -0.2) is 13.2 Å². The van der Waals surface area contributed by atoms with Gasteiger partial charge in [0.25, 0.3) is 11.8 Å². The molecule has 50 heavy (non-hydrogen) atoms. The lowest BCUT2D eigenvalue weighted by Gasteiger charge is -2.27. The minimum atomic E-state index is -4.24. The number of hydrogen-bond acceptors (Lipinski definition) is 8. The number of carbonyl (C=O) groups excluding carboxylic acids is 3. The van der Waals surface area contributed by atoms with Crippen molar-refractivity contribution in [3.63, 3.8) is 0 Å². The number of rotatable bonds is 15. The Balaban J connectivity index is 1.26. The van der Waals surface area contributed by atoms with Crippen LogP contribution in [0.15, 0.2) is 84.6 Å². The van der Waals surface area contributed by atoms with E-state index in [2.05, 4.69) is 85.7 Å². The lowest BCUT2D eigenvalue weighted by atomic mass is 9.81. The Morgan fingerprint density at radius 2 is 1.54 bits per heavy atom. The molecule has 2 aromatic carbocycles. The number of allylic oxidation sites excluding steroid dienone is 6. The maximum atomic E-state index is 12.2. The summed E-state index contributed by atoms with van der Waals surface area (Å²) in [5.74, 6) is -1.87. The van der Waals surface area contributed by atoms with E-state index in [1.807, 2.05) is 30.4 Å². The molecule has 2 aromatic rings. The molecule has 0 saturated carbocycles. The van der Waals surface area contributed by atoms with Crippen LogP contribution in [0.3, 0.4) is 0 Å². The summed E-state index contributed by atoms with van der Waals surface area (Å²) in [5.41, 5.74) is 6.53. The highest BCUT2D eigenvalue weighted by atomic mass is 32.2. The largest absolute Gasteiger partial charge is 0.748 e. The van der Waals surface area contributed by atoms with Gasteiger partial charge in [-0.15, -0.1) is 5.06 Å². The second kappa shape index (κ2) is 15.3. The first kappa shape index (κ1) is 36.9. The molecular weight excluding hydrogens is 655 g/mol. The van der Waals surface area contributed by atoms with Crippen molar-refractivity contribution >= 4 is 45.0 Å². The van der Waals surface area contributed by atoms with Crippen LogP contribution in [0.4, 0.5) is 11.4 Å². The van der Waals surface area contributed by atoms with Crippen LogP contribution in [-0.2, 0) is 40.2 Å². The predicted octanol–water partition coefficient (Wildman–Crippen LogP) is 6.35. The SMILES string of the molecule is CC1(C)C(/C=C/C=C/C=C2/N(CCCCS(=O)(=O)[O-])c3ccccc3C2(C)C)=[N+](CCCCCC(=O)ON2C(=O)CCC2=O)c2ccccc21. The third kappa shape index (κ3) is 8.16. The van der Waals surface area contributed by atoms with Gasteiger partial charge in [0, 0.05) is 72.5 Å². The number of fused-ring (bicyclic) bond motifs is 2. The Kier molecular flexibility index (Phi) is 11.3. The van der Waals surface area contributed by atoms with Gasteiger partial charge < -0.3 is 14.3 Å². The van der Waals surface area contributed by atoms with E-state index in [4.69, 9.17) is 4.84 Å². The molecule has 2 amide bonds. The highest BCUT2D eigenvalue weighted by Gasteiger charge is 2.44. The zero-order valence-corrected chi connectivity index (χ0v) is 30.2. The van der Waals surface area contributed by atoms with Crippen molar-refractivity contribution in [3.05, 3.63) is 95.7 Å². The van der Waals surface area contributed by atoms with E-state index in [9.17, 15) is 27.4 Å². The van der Waals surface area contributed by atoms with E-state index in [0.29, 0.717) is 30.9 Å². The van der Waals surface area contributed by atoms with Gasteiger partial charge in [0.2, 0.25) is 5.69 Å². The Bertz CT molecular complexity index is 1850. The zero-order chi connectivity index (χ0) is 36.1. The molecule has 3 aliphatic heterocycles. The molecule has 3 aliphatic rings. The van der Waals surface area contributed by atoms with Gasteiger partial charge in [-0.3, -0.25) is 9.59 Å². The minimum absolute atomic E-state index is 0.0779. The van der Waals surface area contributed by atoms with E-state index >= 15 is 0 Å². The summed E-state index contributed by atoms with van der Waals surface area (Å²) in [7, 11) is -4.24. The fourth-order valence-corrected chi connectivity index (χ4v) is 7.75. The molecule has 0 bridgehead atoms. The Morgan fingerprint density at radius 3 is 2.26 bits per heavy atom. The van der Waals surface area contributed by atoms with Crippen molar-refractivity contribution in [2.75, 3.05) is 23.7 Å². The molecule has 1 saturated heterocycles. The molecule has 0 spiro atoms. The lowest BCUT2D eigenvalue weighted by Crippen LogP contribution is -2.31.